The number of aromatic nitrogens is 5. The third-order valence-electron chi connectivity index (χ3n) is 5.01. The molecule has 0 bridgehead atoms. The lowest BCUT2D eigenvalue weighted by atomic mass is 9.96. The van der Waals surface area contributed by atoms with E-state index in [1.807, 2.05) is 6.20 Å². The van der Waals surface area contributed by atoms with Crippen LogP contribution in [0, 0.1) is 0 Å². The fourth-order valence-corrected chi connectivity index (χ4v) is 3.71. The van der Waals surface area contributed by atoms with Crippen LogP contribution in [0.5, 0.6) is 0 Å². The van der Waals surface area contributed by atoms with E-state index in [1.54, 1.807) is 37.6 Å². The van der Waals surface area contributed by atoms with Gasteiger partial charge in [-0.2, -0.15) is 5.10 Å². The van der Waals surface area contributed by atoms with Crippen molar-refractivity contribution in [3.8, 4) is 0 Å². The smallest absolute Gasteiger partial charge is 0.256 e. The molecule has 3 aromatic heterocycles. The van der Waals surface area contributed by atoms with Crippen molar-refractivity contribution in [2.75, 3.05) is 20.6 Å². The lowest BCUT2D eigenvalue weighted by Crippen LogP contribution is -2.34. The van der Waals surface area contributed by atoms with Crippen molar-refractivity contribution in [1.82, 2.24) is 34.9 Å². The minimum atomic E-state index is -0.0164. The number of aromatic amines is 2. The number of rotatable bonds is 4. The summed E-state index contributed by atoms with van der Waals surface area (Å²) < 4.78 is 0. The Kier molecular flexibility index (Phi) is 4.42. The Balaban J connectivity index is 1.64. The monoisotopic (exact) mass is 353 g/mol. The number of nitrogens with one attached hydrogen (secondary N) is 2. The maximum atomic E-state index is 12.5. The van der Waals surface area contributed by atoms with Gasteiger partial charge in [0, 0.05) is 44.8 Å². The van der Waals surface area contributed by atoms with Gasteiger partial charge in [-0.1, -0.05) is 6.42 Å². The highest BCUT2D eigenvalue weighted by atomic mass is 16.2. The van der Waals surface area contributed by atoms with Crippen LogP contribution in [0.15, 0.2) is 24.8 Å². The predicted octanol–water partition coefficient (Wildman–Crippen LogP) is 2.11. The van der Waals surface area contributed by atoms with Crippen molar-refractivity contribution >= 4 is 17.1 Å². The molecule has 8 heteroatoms. The quantitative estimate of drug-likeness (QED) is 0.749. The van der Waals surface area contributed by atoms with Gasteiger partial charge in [-0.15, -0.1) is 0 Å². The first-order chi connectivity index (χ1) is 12.6. The van der Waals surface area contributed by atoms with Crippen LogP contribution in [0.4, 0.5) is 0 Å². The lowest BCUT2D eigenvalue weighted by Gasteiger charge is -2.35. The standard InChI is InChI=1S/C18H23N7O/c1-24(2)18(26)13-10-22-23-16(13)14-5-3-4-8-25(14)11-12-9-21-17-15(12)19-6-7-20-17/h6-7,9-10,14H,3-5,8,11H2,1-2H3,(H,20,21)(H,22,23). The number of hydrogen-bond donors (Lipinski definition) is 2. The van der Waals surface area contributed by atoms with Crippen LogP contribution in [0.3, 0.4) is 0 Å². The number of H-pyrrole nitrogens is 2. The van der Waals surface area contributed by atoms with Crippen molar-refractivity contribution in [2.24, 2.45) is 0 Å². The van der Waals surface area contributed by atoms with E-state index in [-0.39, 0.29) is 11.9 Å². The Bertz CT molecular complexity index is 913. The van der Waals surface area contributed by atoms with E-state index in [0.717, 1.165) is 54.8 Å². The second-order valence-electron chi connectivity index (χ2n) is 6.95. The van der Waals surface area contributed by atoms with Gasteiger partial charge in [-0.25, -0.2) is 4.98 Å². The normalized spacial score (nSPS) is 18.3. The number of piperidine rings is 1. The summed E-state index contributed by atoms with van der Waals surface area (Å²) >= 11 is 0. The topological polar surface area (TPSA) is 93.8 Å². The molecular weight excluding hydrogens is 330 g/mol. The van der Waals surface area contributed by atoms with Gasteiger partial charge in [0.05, 0.1) is 23.5 Å². The zero-order chi connectivity index (χ0) is 18.1. The van der Waals surface area contributed by atoms with Crippen LogP contribution in [-0.4, -0.2) is 61.5 Å². The molecule has 26 heavy (non-hydrogen) atoms. The third-order valence-corrected chi connectivity index (χ3v) is 5.01. The molecule has 1 atom stereocenters. The number of fused-ring (bicyclic) bond motifs is 1. The van der Waals surface area contributed by atoms with E-state index in [0.29, 0.717) is 5.56 Å². The zero-order valence-corrected chi connectivity index (χ0v) is 15.1. The Morgan fingerprint density at radius 3 is 3.00 bits per heavy atom. The summed E-state index contributed by atoms with van der Waals surface area (Å²) in [5, 5.41) is 7.24. The first-order valence-corrected chi connectivity index (χ1v) is 8.91. The average molecular weight is 353 g/mol. The summed E-state index contributed by atoms with van der Waals surface area (Å²) in [6.45, 7) is 1.74. The maximum absolute atomic E-state index is 12.5. The van der Waals surface area contributed by atoms with Crippen LogP contribution >= 0.6 is 0 Å². The van der Waals surface area contributed by atoms with Crippen molar-refractivity contribution in [1.29, 1.82) is 0 Å². The Hall–Kier alpha value is -2.74. The number of carbonyl (C=O) groups excluding carboxylic acids is 1. The molecule has 4 rings (SSSR count). The third kappa shape index (κ3) is 2.96. The highest BCUT2D eigenvalue weighted by molar-refractivity contribution is 5.94. The van der Waals surface area contributed by atoms with Gasteiger partial charge < -0.3 is 9.88 Å². The molecular formula is C18H23N7O. The minimum Gasteiger partial charge on any atom is -0.345 e. The second-order valence-corrected chi connectivity index (χ2v) is 6.95. The molecule has 1 aliphatic heterocycles. The van der Waals surface area contributed by atoms with Gasteiger partial charge in [-0.05, 0) is 19.4 Å². The van der Waals surface area contributed by atoms with Crippen LogP contribution in [0.1, 0.15) is 46.9 Å². The molecule has 0 aromatic carbocycles. The highest BCUT2D eigenvalue weighted by Crippen LogP contribution is 2.33. The van der Waals surface area contributed by atoms with Crippen molar-refractivity contribution in [3.05, 3.63) is 41.6 Å². The van der Waals surface area contributed by atoms with Crippen molar-refractivity contribution in [3.63, 3.8) is 0 Å². The summed E-state index contributed by atoms with van der Waals surface area (Å²) in [5.41, 5.74) is 4.41. The molecule has 4 heterocycles. The van der Waals surface area contributed by atoms with Crippen molar-refractivity contribution < 1.29 is 4.79 Å². The van der Waals surface area contributed by atoms with E-state index in [4.69, 9.17) is 0 Å². The molecule has 1 saturated heterocycles. The molecule has 1 unspecified atom stereocenters. The zero-order valence-electron chi connectivity index (χ0n) is 15.1. The van der Waals surface area contributed by atoms with E-state index < -0.39 is 0 Å². The molecule has 136 valence electrons. The van der Waals surface area contributed by atoms with Gasteiger partial charge in [0.25, 0.3) is 5.91 Å². The fourth-order valence-electron chi connectivity index (χ4n) is 3.71. The molecule has 0 saturated carbocycles. The molecule has 3 aromatic rings. The first-order valence-electron chi connectivity index (χ1n) is 8.91. The summed E-state index contributed by atoms with van der Waals surface area (Å²) in [4.78, 5) is 28.5. The number of hydrogen-bond acceptors (Lipinski definition) is 5. The number of carbonyl (C=O) groups is 1. The molecule has 0 spiro atoms. The highest BCUT2D eigenvalue weighted by Gasteiger charge is 2.30. The van der Waals surface area contributed by atoms with Crippen LogP contribution in [0.2, 0.25) is 0 Å². The van der Waals surface area contributed by atoms with Crippen LogP contribution < -0.4 is 0 Å². The molecule has 1 aliphatic rings. The van der Waals surface area contributed by atoms with Gasteiger partial charge in [0.2, 0.25) is 0 Å². The van der Waals surface area contributed by atoms with E-state index in [9.17, 15) is 4.79 Å². The minimum absolute atomic E-state index is 0.0164. The summed E-state index contributed by atoms with van der Waals surface area (Å²) in [5.74, 6) is -0.0164. The van der Waals surface area contributed by atoms with E-state index in [2.05, 4.69) is 30.0 Å². The molecule has 0 radical (unpaired) electrons. The number of nitrogens with zero attached hydrogens (tertiary/aromatic N) is 5. The molecule has 8 nitrogen and oxygen atoms in total. The molecule has 2 N–H and O–H groups in total. The Labute approximate surface area is 151 Å². The van der Waals surface area contributed by atoms with Crippen molar-refractivity contribution in [2.45, 2.75) is 31.8 Å². The summed E-state index contributed by atoms with van der Waals surface area (Å²) in [7, 11) is 3.53. The Morgan fingerprint density at radius 2 is 2.15 bits per heavy atom. The van der Waals surface area contributed by atoms with Gasteiger partial charge in [-0.3, -0.25) is 19.8 Å². The lowest BCUT2D eigenvalue weighted by molar-refractivity contribution is 0.0819. The SMILES string of the molecule is CN(C)C(=O)c1cn[nH]c1C1CCCCN1Cc1c[nH]c2nccnc12. The van der Waals surface area contributed by atoms with Gasteiger partial charge >= 0.3 is 0 Å². The Morgan fingerprint density at radius 1 is 1.31 bits per heavy atom. The van der Waals surface area contributed by atoms with Gasteiger partial charge in [0.1, 0.15) is 5.52 Å². The molecule has 0 aliphatic carbocycles. The maximum Gasteiger partial charge on any atom is 0.256 e. The predicted molar refractivity (Wildman–Crippen MR) is 97.5 cm³/mol. The van der Waals surface area contributed by atoms with E-state index in [1.165, 1.54) is 0 Å². The molecule has 1 fully saturated rings. The summed E-state index contributed by atoms with van der Waals surface area (Å²) in [6.07, 6.45) is 10.3. The number of likely N-dealkylation sites (tertiary alicyclic amines) is 1. The first kappa shape index (κ1) is 16.7. The molecule has 1 amide bonds. The van der Waals surface area contributed by atoms with Gasteiger partial charge in [0.15, 0.2) is 5.65 Å². The van der Waals surface area contributed by atoms with E-state index >= 15 is 0 Å². The van der Waals surface area contributed by atoms with Crippen LogP contribution in [-0.2, 0) is 6.54 Å². The second kappa shape index (κ2) is 6.87. The largest absolute Gasteiger partial charge is 0.345 e. The fraction of sp³-hybridized carbons (Fsp3) is 0.444. The number of amides is 1. The van der Waals surface area contributed by atoms with Crippen LogP contribution in [0.25, 0.3) is 11.2 Å². The summed E-state index contributed by atoms with van der Waals surface area (Å²) in [6, 6.07) is 0.145. The average Bonchev–Trinajstić information content (AvgIpc) is 3.29.